The van der Waals surface area contributed by atoms with Crippen molar-refractivity contribution in [2.24, 2.45) is 0 Å². The van der Waals surface area contributed by atoms with E-state index in [1.165, 1.54) is 44.1 Å². The largest absolute Gasteiger partial charge is 0.491 e. The summed E-state index contributed by atoms with van der Waals surface area (Å²) in [6.45, 7) is 12.1. The van der Waals surface area contributed by atoms with Crippen LogP contribution in [0.5, 0.6) is 5.75 Å². The number of ether oxygens (including phenoxy) is 8. The average molecular weight is 569 g/mol. The summed E-state index contributed by atoms with van der Waals surface area (Å²) in [5, 5.41) is 0. The lowest BCUT2D eigenvalue weighted by atomic mass is 10.0. The molecule has 0 aliphatic heterocycles. The summed E-state index contributed by atoms with van der Waals surface area (Å²) in [5.41, 5.74) is 1.37. The number of hydrogen-bond acceptors (Lipinski definition) is 9. The molecule has 0 aliphatic carbocycles. The highest BCUT2D eigenvalue weighted by atomic mass is 16.6. The van der Waals surface area contributed by atoms with Gasteiger partial charge in [-0.3, -0.25) is 0 Å². The Hall–Kier alpha value is -2.01. The fraction of sp³-hybridized carbons (Fsp3) is 0.710. The van der Waals surface area contributed by atoms with Crippen molar-refractivity contribution in [3.05, 3.63) is 42.5 Å². The summed E-state index contributed by atoms with van der Waals surface area (Å²) < 4.78 is 43.2. The van der Waals surface area contributed by atoms with Gasteiger partial charge < -0.3 is 37.9 Å². The van der Waals surface area contributed by atoms with Crippen molar-refractivity contribution in [2.75, 3.05) is 92.5 Å². The summed E-state index contributed by atoms with van der Waals surface area (Å²) in [6.07, 6.45) is 10.2. The number of hydrogen-bond donors (Lipinski definition) is 0. The van der Waals surface area contributed by atoms with E-state index in [-0.39, 0.29) is 6.61 Å². The molecule has 0 bridgehead atoms. The van der Waals surface area contributed by atoms with Crippen molar-refractivity contribution in [1.82, 2.24) is 0 Å². The third kappa shape index (κ3) is 23.8. The van der Waals surface area contributed by atoms with Crippen LogP contribution in [0.2, 0.25) is 0 Å². The fourth-order valence-corrected chi connectivity index (χ4v) is 3.54. The molecular weight excluding hydrogens is 516 g/mol. The molecule has 0 heterocycles. The second-order valence-electron chi connectivity index (χ2n) is 9.06. The topological polar surface area (TPSA) is 90.9 Å². The lowest BCUT2D eigenvalue weighted by Crippen LogP contribution is -2.15. The van der Waals surface area contributed by atoms with Crippen LogP contribution in [0.25, 0.3) is 0 Å². The van der Waals surface area contributed by atoms with Crippen LogP contribution in [0.4, 0.5) is 0 Å². The minimum absolute atomic E-state index is 0.206. The van der Waals surface area contributed by atoms with Gasteiger partial charge in [0.15, 0.2) is 0 Å². The van der Waals surface area contributed by atoms with E-state index in [0.717, 1.165) is 18.2 Å². The minimum atomic E-state index is -0.453. The molecule has 0 amide bonds. The molecule has 0 aromatic heterocycles. The number of carbonyl (C=O) groups is 1. The molecule has 0 radical (unpaired) electrons. The fourth-order valence-electron chi connectivity index (χ4n) is 3.54. The van der Waals surface area contributed by atoms with Gasteiger partial charge in [-0.05, 0) is 30.5 Å². The van der Waals surface area contributed by atoms with E-state index in [9.17, 15) is 4.79 Å². The Balaban J connectivity index is 1.76. The standard InChI is InChI=1S/C31H52O9/c1-3-5-6-7-8-9-10-29-11-13-30(14-12-29)39-27-25-37-23-21-35-19-17-33-15-16-34-18-20-36-22-24-38-26-28-40-31(32)4-2/h4,11-14H,2-3,5-10,15-28H2,1H3. The molecule has 1 rings (SSSR count). The van der Waals surface area contributed by atoms with Crippen molar-refractivity contribution < 1.29 is 42.7 Å². The summed E-state index contributed by atoms with van der Waals surface area (Å²) >= 11 is 0. The van der Waals surface area contributed by atoms with E-state index in [1.807, 2.05) is 12.1 Å². The molecule has 9 nitrogen and oxygen atoms in total. The lowest BCUT2D eigenvalue weighted by molar-refractivity contribution is -0.139. The molecule has 0 unspecified atom stereocenters. The first-order chi connectivity index (χ1) is 19.8. The summed E-state index contributed by atoms with van der Waals surface area (Å²) in [6, 6.07) is 8.41. The zero-order valence-electron chi connectivity index (χ0n) is 24.6. The third-order valence-electron chi connectivity index (χ3n) is 5.74. The first-order valence-electron chi connectivity index (χ1n) is 14.7. The maximum absolute atomic E-state index is 10.8. The molecule has 0 saturated heterocycles. The third-order valence-corrected chi connectivity index (χ3v) is 5.74. The van der Waals surface area contributed by atoms with E-state index in [4.69, 9.17) is 37.9 Å². The maximum Gasteiger partial charge on any atom is 0.330 e. The zero-order valence-corrected chi connectivity index (χ0v) is 24.6. The van der Waals surface area contributed by atoms with Crippen LogP contribution in [-0.2, 0) is 44.4 Å². The van der Waals surface area contributed by atoms with E-state index in [2.05, 4.69) is 25.6 Å². The highest BCUT2D eigenvalue weighted by Crippen LogP contribution is 2.15. The van der Waals surface area contributed by atoms with E-state index in [0.29, 0.717) is 85.9 Å². The Morgan fingerprint density at radius 1 is 0.600 bits per heavy atom. The number of rotatable bonds is 30. The van der Waals surface area contributed by atoms with Gasteiger partial charge in [-0.25, -0.2) is 4.79 Å². The minimum Gasteiger partial charge on any atom is -0.491 e. The molecule has 230 valence electrons. The smallest absolute Gasteiger partial charge is 0.330 e. The van der Waals surface area contributed by atoms with Crippen LogP contribution in [0.15, 0.2) is 36.9 Å². The molecule has 40 heavy (non-hydrogen) atoms. The quantitative estimate of drug-likeness (QED) is 0.0738. The molecular formula is C31H52O9. The monoisotopic (exact) mass is 568 g/mol. The van der Waals surface area contributed by atoms with Crippen LogP contribution in [-0.4, -0.2) is 98.5 Å². The number of carbonyl (C=O) groups excluding carboxylic acids is 1. The highest BCUT2D eigenvalue weighted by Gasteiger charge is 1.99. The predicted molar refractivity (Wildman–Crippen MR) is 155 cm³/mol. The Morgan fingerprint density at radius 3 is 1.50 bits per heavy atom. The molecule has 0 fully saturated rings. The van der Waals surface area contributed by atoms with Gasteiger partial charge in [-0.2, -0.15) is 0 Å². The van der Waals surface area contributed by atoms with Crippen LogP contribution in [0, 0.1) is 0 Å². The highest BCUT2D eigenvalue weighted by molar-refractivity contribution is 5.81. The first kappa shape index (κ1) is 36.0. The number of aryl methyl sites for hydroxylation is 1. The van der Waals surface area contributed by atoms with E-state index < -0.39 is 5.97 Å². The molecule has 1 aromatic rings. The predicted octanol–water partition coefficient (Wildman–Crippen LogP) is 4.80. The molecule has 0 atom stereocenters. The number of unbranched alkanes of at least 4 members (excludes halogenated alkanes) is 5. The van der Waals surface area contributed by atoms with Gasteiger partial charge in [0.1, 0.15) is 19.0 Å². The second-order valence-corrected chi connectivity index (χ2v) is 9.06. The Bertz CT molecular complexity index is 697. The molecule has 1 aromatic carbocycles. The van der Waals surface area contributed by atoms with Crippen molar-refractivity contribution in [2.45, 2.75) is 51.9 Å². The maximum atomic E-state index is 10.8. The SMILES string of the molecule is C=CC(=O)OCCOCCOCCOCCOCCOCCOCCOc1ccc(CCCCCCCC)cc1. The van der Waals surface area contributed by atoms with Crippen molar-refractivity contribution in [3.8, 4) is 5.75 Å². The van der Waals surface area contributed by atoms with Gasteiger partial charge in [-0.1, -0.05) is 57.7 Å². The van der Waals surface area contributed by atoms with Gasteiger partial charge >= 0.3 is 5.97 Å². The Morgan fingerprint density at radius 2 is 1.02 bits per heavy atom. The van der Waals surface area contributed by atoms with Crippen molar-refractivity contribution in [1.29, 1.82) is 0 Å². The van der Waals surface area contributed by atoms with E-state index in [1.54, 1.807) is 0 Å². The first-order valence-corrected chi connectivity index (χ1v) is 14.7. The summed E-state index contributed by atoms with van der Waals surface area (Å²) in [5.74, 6) is 0.429. The number of benzene rings is 1. The zero-order chi connectivity index (χ0) is 28.8. The van der Waals surface area contributed by atoms with Gasteiger partial charge in [0.05, 0.1) is 79.3 Å². The molecule has 0 saturated carbocycles. The molecule has 0 N–H and O–H groups in total. The average Bonchev–Trinajstić information content (AvgIpc) is 2.98. The molecule has 0 spiro atoms. The second kappa shape index (κ2) is 28.5. The Kier molecular flexibility index (Phi) is 25.7. The molecule has 0 aliphatic rings. The lowest BCUT2D eigenvalue weighted by Gasteiger charge is -2.09. The normalized spacial score (nSPS) is 11.0. The van der Waals surface area contributed by atoms with Gasteiger partial charge in [0.25, 0.3) is 0 Å². The molecule has 9 heteroatoms. The summed E-state index contributed by atoms with van der Waals surface area (Å²) in [7, 11) is 0. The van der Waals surface area contributed by atoms with E-state index >= 15 is 0 Å². The van der Waals surface area contributed by atoms with Crippen LogP contribution < -0.4 is 4.74 Å². The van der Waals surface area contributed by atoms with Crippen LogP contribution in [0.3, 0.4) is 0 Å². The van der Waals surface area contributed by atoms with Crippen molar-refractivity contribution in [3.63, 3.8) is 0 Å². The number of esters is 1. The van der Waals surface area contributed by atoms with Gasteiger partial charge in [0.2, 0.25) is 0 Å². The summed E-state index contributed by atoms with van der Waals surface area (Å²) in [4.78, 5) is 10.8. The van der Waals surface area contributed by atoms with Crippen molar-refractivity contribution >= 4 is 5.97 Å². The van der Waals surface area contributed by atoms with Gasteiger partial charge in [0, 0.05) is 6.08 Å². The van der Waals surface area contributed by atoms with Crippen LogP contribution >= 0.6 is 0 Å². The van der Waals surface area contributed by atoms with Gasteiger partial charge in [-0.15, -0.1) is 0 Å². The van der Waals surface area contributed by atoms with Crippen LogP contribution in [0.1, 0.15) is 51.0 Å². The Labute approximate surface area is 241 Å².